The van der Waals surface area contributed by atoms with E-state index in [1.807, 2.05) is 0 Å². The summed E-state index contributed by atoms with van der Waals surface area (Å²) in [6, 6.07) is 2.53. The maximum Gasteiger partial charge on any atom is 0.163 e. The zero-order chi connectivity index (χ0) is 12.4. The summed E-state index contributed by atoms with van der Waals surface area (Å²) in [6.07, 6.45) is 1.74. The van der Waals surface area contributed by atoms with E-state index in [0.29, 0.717) is 16.5 Å². The van der Waals surface area contributed by atoms with Crippen molar-refractivity contribution >= 4 is 11.6 Å². The van der Waals surface area contributed by atoms with E-state index in [-0.39, 0.29) is 5.92 Å². The molecule has 0 aliphatic carbocycles. The Kier molecular flexibility index (Phi) is 4.00. The average molecular weight is 260 g/mol. The zero-order valence-electron chi connectivity index (χ0n) is 9.77. The Labute approximate surface area is 105 Å². The van der Waals surface area contributed by atoms with Gasteiger partial charge in [-0.05, 0) is 43.5 Å². The Morgan fingerprint density at radius 1 is 1.41 bits per heavy atom. The Morgan fingerprint density at radius 3 is 2.88 bits per heavy atom. The Hall–Kier alpha value is -0.670. The first kappa shape index (κ1) is 12.8. The number of rotatable bonds is 2. The fraction of sp³-hybridized carbons (Fsp3) is 0.538. The van der Waals surface area contributed by atoms with Gasteiger partial charge < -0.3 is 5.32 Å². The maximum absolute atomic E-state index is 13.9. The van der Waals surface area contributed by atoms with Crippen molar-refractivity contribution in [2.45, 2.75) is 25.7 Å². The summed E-state index contributed by atoms with van der Waals surface area (Å²) >= 11 is 6.03. The van der Waals surface area contributed by atoms with Crippen LogP contribution in [-0.4, -0.2) is 13.1 Å². The summed E-state index contributed by atoms with van der Waals surface area (Å²) in [4.78, 5) is 0. The third kappa shape index (κ3) is 2.45. The highest BCUT2D eigenvalue weighted by Gasteiger charge is 2.30. The van der Waals surface area contributed by atoms with Crippen molar-refractivity contribution in [3.63, 3.8) is 0 Å². The summed E-state index contributed by atoms with van der Waals surface area (Å²) in [6.45, 7) is 3.73. The molecule has 0 amide bonds. The largest absolute Gasteiger partial charge is 0.316 e. The van der Waals surface area contributed by atoms with Gasteiger partial charge in [0.25, 0.3) is 0 Å². The van der Waals surface area contributed by atoms with Gasteiger partial charge in [-0.1, -0.05) is 24.9 Å². The van der Waals surface area contributed by atoms with Crippen LogP contribution >= 0.6 is 11.6 Å². The van der Waals surface area contributed by atoms with E-state index >= 15 is 0 Å². The molecule has 1 aliphatic heterocycles. The standard InChI is InChI=1S/C13H16ClF2N/c1-2-8-7-17-6-5-9(8)12-10(14)3-4-11(15)13(12)16/h3-4,8-9,17H,2,5-7H2,1H3. The zero-order valence-corrected chi connectivity index (χ0v) is 10.5. The molecule has 17 heavy (non-hydrogen) atoms. The third-order valence-corrected chi connectivity index (χ3v) is 3.91. The fourth-order valence-electron chi connectivity index (χ4n) is 2.61. The highest BCUT2D eigenvalue weighted by Crippen LogP contribution is 2.38. The third-order valence-electron chi connectivity index (χ3n) is 3.58. The van der Waals surface area contributed by atoms with E-state index in [9.17, 15) is 8.78 Å². The highest BCUT2D eigenvalue weighted by atomic mass is 35.5. The van der Waals surface area contributed by atoms with Gasteiger partial charge in [-0.3, -0.25) is 0 Å². The molecule has 1 N–H and O–H groups in total. The molecule has 1 aromatic carbocycles. The highest BCUT2D eigenvalue weighted by molar-refractivity contribution is 6.31. The molecule has 1 aromatic rings. The summed E-state index contributed by atoms with van der Waals surface area (Å²) in [5.41, 5.74) is 0.361. The van der Waals surface area contributed by atoms with Crippen LogP contribution in [0.15, 0.2) is 12.1 Å². The smallest absolute Gasteiger partial charge is 0.163 e. The second-order valence-corrected chi connectivity index (χ2v) is 4.93. The molecule has 94 valence electrons. The van der Waals surface area contributed by atoms with Gasteiger partial charge in [0, 0.05) is 10.6 Å². The van der Waals surface area contributed by atoms with Crippen LogP contribution in [0, 0.1) is 17.6 Å². The van der Waals surface area contributed by atoms with Crippen LogP contribution in [0.2, 0.25) is 5.02 Å². The Bertz CT molecular complexity index is 409. The minimum Gasteiger partial charge on any atom is -0.316 e. The number of halogens is 3. The van der Waals surface area contributed by atoms with Crippen molar-refractivity contribution in [2.24, 2.45) is 5.92 Å². The maximum atomic E-state index is 13.9. The van der Waals surface area contributed by atoms with Gasteiger partial charge in [0.2, 0.25) is 0 Å². The molecule has 0 radical (unpaired) electrons. The molecule has 1 nitrogen and oxygen atoms in total. The molecule has 2 unspecified atom stereocenters. The van der Waals surface area contributed by atoms with E-state index in [4.69, 9.17) is 11.6 Å². The summed E-state index contributed by atoms with van der Waals surface area (Å²) in [7, 11) is 0. The molecule has 0 spiro atoms. The molecule has 1 saturated heterocycles. The molecular formula is C13H16ClF2N. The van der Waals surface area contributed by atoms with Crippen LogP contribution in [0.4, 0.5) is 8.78 Å². The number of nitrogens with one attached hydrogen (secondary N) is 1. The van der Waals surface area contributed by atoms with Crippen molar-refractivity contribution in [3.05, 3.63) is 34.4 Å². The number of hydrogen-bond donors (Lipinski definition) is 1. The van der Waals surface area contributed by atoms with E-state index in [2.05, 4.69) is 12.2 Å². The predicted molar refractivity (Wildman–Crippen MR) is 65.4 cm³/mol. The molecule has 1 aliphatic rings. The first-order valence-electron chi connectivity index (χ1n) is 5.99. The van der Waals surface area contributed by atoms with E-state index < -0.39 is 11.6 Å². The molecule has 1 heterocycles. The molecular weight excluding hydrogens is 244 g/mol. The SMILES string of the molecule is CCC1CNCCC1c1c(Cl)ccc(F)c1F. The average Bonchev–Trinajstić information content (AvgIpc) is 2.35. The van der Waals surface area contributed by atoms with Gasteiger partial charge in [-0.2, -0.15) is 0 Å². The van der Waals surface area contributed by atoms with Crippen molar-refractivity contribution in [2.75, 3.05) is 13.1 Å². The summed E-state index contributed by atoms with van der Waals surface area (Å²) < 4.78 is 27.2. The van der Waals surface area contributed by atoms with Crippen LogP contribution in [0.5, 0.6) is 0 Å². The Balaban J connectivity index is 2.41. The lowest BCUT2D eigenvalue weighted by Gasteiger charge is -2.32. The monoisotopic (exact) mass is 259 g/mol. The van der Waals surface area contributed by atoms with Crippen molar-refractivity contribution in [1.29, 1.82) is 0 Å². The van der Waals surface area contributed by atoms with Crippen LogP contribution in [-0.2, 0) is 0 Å². The lowest BCUT2D eigenvalue weighted by Crippen LogP contribution is -2.35. The van der Waals surface area contributed by atoms with Gasteiger partial charge in [-0.15, -0.1) is 0 Å². The van der Waals surface area contributed by atoms with E-state index in [1.165, 1.54) is 6.07 Å². The van der Waals surface area contributed by atoms with Gasteiger partial charge >= 0.3 is 0 Å². The Morgan fingerprint density at radius 2 is 2.18 bits per heavy atom. The molecule has 0 bridgehead atoms. The second kappa shape index (κ2) is 5.32. The minimum atomic E-state index is -0.808. The molecule has 0 saturated carbocycles. The van der Waals surface area contributed by atoms with E-state index in [1.54, 1.807) is 0 Å². The normalized spacial score (nSPS) is 24.9. The summed E-state index contributed by atoms with van der Waals surface area (Å²) in [5.74, 6) is -1.25. The van der Waals surface area contributed by atoms with Crippen LogP contribution in [0.3, 0.4) is 0 Å². The summed E-state index contributed by atoms with van der Waals surface area (Å²) in [5, 5.41) is 3.62. The minimum absolute atomic E-state index is 0.0180. The molecule has 4 heteroatoms. The second-order valence-electron chi connectivity index (χ2n) is 4.52. The van der Waals surface area contributed by atoms with Gasteiger partial charge in [0.1, 0.15) is 0 Å². The lowest BCUT2D eigenvalue weighted by atomic mass is 9.79. The lowest BCUT2D eigenvalue weighted by molar-refractivity contribution is 0.308. The topological polar surface area (TPSA) is 12.0 Å². The van der Waals surface area contributed by atoms with Crippen molar-refractivity contribution < 1.29 is 8.78 Å². The molecule has 1 fully saturated rings. The number of piperidine rings is 1. The van der Waals surface area contributed by atoms with Crippen LogP contribution < -0.4 is 5.32 Å². The van der Waals surface area contributed by atoms with Gasteiger partial charge in [-0.25, -0.2) is 8.78 Å². The molecule has 0 aromatic heterocycles. The van der Waals surface area contributed by atoms with Crippen LogP contribution in [0.1, 0.15) is 31.2 Å². The number of benzene rings is 1. The molecule has 2 atom stereocenters. The van der Waals surface area contributed by atoms with Crippen molar-refractivity contribution in [1.82, 2.24) is 5.32 Å². The van der Waals surface area contributed by atoms with Crippen LogP contribution in [0.25, 0.3) is 0 Å². The molecule has 2 rings (SSSR count). The van der Waals surface area contributed by atoms with E-state index in [0.717, 1.165) is 32.0 Å². The van der Waals surface area contributed by atoms with Gasteiger partial charge in [0.05, 0.1) is 0 Å². The first-order valence-corrected chi connectivity index (χ1v) is 6.37. The first-order chi connectivity index (χ1) is 8.15. The quantitative estimate of drug-likeness (QED) is 0.798. The fourth-order valence-corrected chi connectivity index (χ4v) is 2.90. The van der Waals surface area contributed by atoms with Crippen molar-refractivity contribution in [3.8, 4) is 0 Å². The number of hydrogen-bond acceptors (Lipinski definition) is 1. The van der Waals surface area contributed by atoms with Gasteiger partial charge in [0.15, 0.2) is 11.6 Å². The predicted octanol–water partition coefficient (Wildman–Crippen LogP) is 3.72.